The van der Waals surface area contributed by atoms with E-state index in [1.807, 2.05) is 11.1 Å². The number of rotatable bonds is 3. The third-order valence-electron chi connectivity index (χ3n) is 4.89. The predicted molar refractivity (Wildman–Crippen MR) is 67.0 cm³/mol. The summed E-state index contributed by atoms with van der Waals surface area (Å²) in [4.78, 5) is 0. The zero-order valence-corrected chi connectivity index (χ0v) is 10.6. The Kier molecular flexibility index (Phi) is 3.53. The second-order valence-corrected chi connectivity index (χ2v) is 5.48. The normalized spacial score (nSPS) is 26.0. The first-order valence-corrected chi connectivity index (χ1v) is 7.04. The molecule has 2 aliphatic rings. The first kappa shape index (κ1) is 11.2. The summed E-state index contributed by atoms with van der Waals surface area (Å²) in [6.45, 7) is 4.77. The highest BCUT2D eigenvalue weighted by atomic mass is 14.4. The molecule has 15 heavy (non-hydrogen) atoms. The van der Waals surface area contributed by atoms with Crippen molar-refractivity contribution in [1.82, 2.24) is 0 Å². The third kappa shape index (κ3) is 2.00. The van der Waals surface area contributed by atoms with Crippen LogP contribution >= 0.6 is 0 Å². The van der Waals surface area contributed by atoms with Crippen LogP contribution < -0.4 is 0 Å². The molecule has 0 heteroatoms. The van der Waals surface area contributed by atoms with Crippen LogP contribution in [0.1, 0.15) is 78.1 Å². The molecule has 1 fully saturated rings. The predicted octanol–water partition coefficient (Wildman–Crippen LogP) is 5.24. The van der Waals surface area contributed by atoms with Gasteiger partial charge in [0.2, 0.25) is 0 Å². The van der Waals surface area contributed by atoms with Crippen molar-refractivity contribution in [2.24, 2.45) is 5.41 Å². The molecule has 0 aliphatic heterocycles. The summed E-state index contributed by atoms with van der Waals surface area (Å²) < 4.78 is 0. The molecule has 0 amide bonds. The van der Waals surface area contributed by atoms with Gasteiger partial charge in [0.25, 0.3) is 0 Å². The van der Waals surface area contributed by atoms with Crippen molar-refractivity contribution in [3.63, 3.8) is 0 Å². The van der Waals surface area contributed by atoms with E-state index in [0.29, 0.717) is 5.41 Å². The maximum atomic E-state index is 2.42. The Bertz CT molecular complexity index is 241. The van der Waals surface area contributed by atoms with Gasteiger partial charge in [-0.1, -0.05) is 44.3 Å². The monoisotopic (exact) mass is 206 g/mol. The highest BCUT2D eigenvalue weighted by Crippen LogP contribution is 2.51. The number of hydrogen-bond acceptors (Lipinski definition) is 0. The number of hydrogen-bond donors (Lipinski definition) is 0. The van der Waals surface area contributed by atoms with E-state index in [9.17, 15) is 0 Å². The lowest BCUT2D eigenvalue weighted by Gasteiger charge is -2.39. The van der Waals surface area contributed by atoms with Crippen molar-refractivity contribution in [3.05, 3.63) is 11.1 Å². The van der Waals surface area contributed by atoms with E-state index >= 15 is 0 Å². The Balaban J connectivity index is 2.24. The highest BCUT2D eigenvalue weighted by Gasteiger charge is 2.36. The standard InChI is InChI=1S/C15H26/c1-3-13-9-8-10-14(13)15(4-2)11-6-5-7-12-15/h3-12H2,1-2H3. The van der Waals surface area contributed by atoms with Gasteiger partial charge in [0.15, 0.2) is 0 Å². The molecule has 0 bridgehead atoms. The Morgan fingerprint density at radius 3 is 2.27 bits per heavy atom. The fourth-order valence-corrected chi connectivity index (χ4v) is 3.93. The van der Waals surface area contributed by atoms with E-state index in [0.717, 1.165) is 0 Å². The molecule has 0 saturated heterocycles. The van der Waals surface area contributed by atoms with Gasteiger partial charge in [-0.05, 0) is 50.4 Å². The molecule has 0 aromatic carbocycles. The van der Waals surface area contributed by atoms with Gasteiger partial charge in [-0.25, -0.2) is 0 Å². The molecule has 0 aromatic heterocycles. The quantitative estimate of drug-likeness (QED) is 0.554. The summed E-state index contributed by atoms with van der Waals surface area (Å²) >= 11 is 0. The van der Waals surface area contributed by atoms with Crippen molar-refractivity contribution in [2.75, 3.05) is 0 Å². The summed E-state index contributed by atoms with van der Waals surface area (Å²) in [6, 6.07) is 0. The van der Waals surface area contributed by atoms with E-state index in [1.165, 1.54) is 64.2 Å². The minimum Gasteiger partial charge on any atom is -0.0707 e. The van der Waals surface area contributed by atoms with Crippen molar-refractivity contribution in [3.8, 4) is 0 Å². The van der Waals surface area contributed by atoms with Crippen LogP contribution in [0.25, 0.3) is 0 Å². The fraction of sp³-hybridized carbons (Fsp3) is 0.867. The Hall–Kier alpha value is -0.260. The maximum absolute atomic E-state index is 2.42. The molecule has 0 heterocycles. The molecular formula is C15H26. The van der Waals surface area contributed by atoms with Crippen molar-refractivity contribution < 1.29 is 0 Å². The van der Waals surface area contributed by atoms with Crippen LogP contribution in [0, 0.1) is 5.41 Å². The van der Waals surface area contributed by atoms with E-state index in [2.05, 4.69) is 13.8 Å². The Labute approximate surface area is 95.1 Å². The van der Waals surface area contributed by atoms with Gasteiger partial charge in [0.05, 0.1) is 0 Å². The zero-order valence-electron chi connectivity index (χ0n) is 10.6. The van der Waals surface area contributed by atoms with E-state index in [1.54, 1.807) is 0 Å². The van der Waals surface area contributed by atoms with Gasteiger partial charge < -0.3 is 0 Å². The molecule has 0 nitrogen and oxygen atoms in total. The topological polar surface area (TPSA) is 0 Å². The van der Waals surface area contributed by atoms with Gasteiger partial charge >= 0.3 is 0 Å². The summed E-state index contributed by atoms with van der Waals surface area (Å²) in [7, 11) is 0. The first-order valence-electron chi connectivity index (χ1n) is 7.04. The molecule has 0 aromatic rings. The van der Waals surface area contributed by atoms with Crippen LogP contribution in [-0.4, -0.2) is 0 Å². The lowest BCUT2D eigenvalue weighted by atomic mass is 9.66. The van der Waals surface area contributed by atoms with Crippen LogP contribution in [0.15, 0.2) is 11.1 Å². The second kappa shape index (κ2) is 4.72. The van der Waals surface area contributed by atoms with E-state index in [-0.39, 0.29) is 0 Å². The van der Waals surface area contributed by atoms with E-state index in [4.69, 9.17) is 0 Å². The SMILES string of the molecule is CCC1=C(C2(CC)CCCCC2)CCC1. The van der Waals surface area contributed by atoms with Crippen LogP contribution in [0.3, 0.4) is 0 Å². The Morgan fingerprint density at radius 2 is 1.67 bits per heavy atom. The van der Waals surface area contributed by atoms with Crippen LogP contribution in [0.5, 0.6) is 0 Å². The molecule has 2 rings (SSSR count). The van der Waals surface area contributed by atoms with Crippen LogP contribution in [0.2, 0.25) is 0 Å². The van der Waals surface area contributed by atoms with Gasteiger partial charge in [-0.2, -0.15) is 0 Å². The minimum atomic E-state index is 0.653. The largest absolute Gasteiger partial charge is 0.0707 e. The van der Waals surface area contributed by atoms with Crippen molar-refractivity contribution >= 4 is 0 Å². The summed E-state index contributed by atoms with van der Waals surface area (Å²) in [5.74, 6) is 0. The molecule has 0 unspecified atom stereocenters. The molecule has 0 spiro atoms. The van der Waals surface area contributed by atoms with Crippen LogP contribution in [0.4, 0.5) is 0 Å². The molecule has 1 saturated carbocycles. The molecule has 0 radical (unpaired) electrons. The summed E-state index contributed by atoms with van der Waals surface area (Å²) in [5, 5.41) is 0. The summed E-state index contributed by atoms with van der Waals surface area (Å²) in [5.41, 5.74) is 4.39. The van der Waals surface area contributed by atoms with Gasteiger partial charge in [-0.15, -0.1) is 0 Å². The molecule has 0 N–H and O–H groups in total. The smallest absolute Gasteiger partial charge is 0.00880 e. The molecule has 86 valence electrons. The molecule has 2 aliphatic carbocycles. The highest BCUT2D eigenvalue weighted by molar-refractivity contribution is 5.27. The number of allylic oxidation sites excluding steroid dienone is 2. The van der Waals surface area contributed by atoms with Gasteiger partial charge in [-0.3, -0.25) is 0 Å². The second-order valence-electron chi connectivity index (χ2n) is 5.48. The molecular weight excluding hydrogens is 180 g/mol. The van der Waals surface area contributed by atoms with Gasteiger partial charge in [0, 0.05) is 0 Å². The fourth-order valence-electron chi connectivity index (χ4n) is 3.93. The van der Waals surface area contributed by atoms with Crippen molar-refractivity contribution in [2.45, 2.75) is 78.1 Å². The zero-order chi connectivity index (χ0) is 10.7. The van der Waals surface area contributed by atoms with E-state index < -0.39 is 0 Å². The average Bonchev–Trinajstić information content (AvgIpc) is 2.78. The van der Waals surface area contributed by atoms with Gasteiger partial charge in [0.1, 0.15) is 0 Å². The van der Waals surface area contributed by atoms with Crippen molar-refractivity contribution in [1.29, 1.82) is 0 Å². The lowest BCUT2D eigenvalue weighted by molar-refractivity contribution is 0.225. The first-order chi connectivity index (χ1) is 7.32. The Morgan fingerprint density at radius 1 is 0.933 bits per heavy atom. The molecule has 0 atom stereocenters. The minimum absolute atomic E-state index is 0.653. The summed E-state index contributed by atoms with van der Waals surface area (Å²) in [6.07, 6.45) is 14.4. The maximum Gasteiger partial charge on any atom is -0.00880 e. The van der Waals surface area contributed by atoms with Crippen LogP contribution in [-0.2, 0) is 0 Å². The third-order valence-corrected chi connectivity index (χ3v) is 4.89. The lowest BCUT2D eigenvalue weighted by Crippen LogP contribution is -2.25. The average molecular weight is 206 g/mol.